The van der Waals surface area contributed by atoms with E-state index in [9.17, 15) is 23.1 Å². The summed E-state index contributed by atoms with van der Waals surface area (Å²) >= 11 is 0.827. The molecule has 2 rings (SSSR count). The predicted octanol–water partition coefficient (Wildman–Crippen LogP) is 1.69. The van der Waals surface area contributed by atoms with Gasteiger partial charge in [0, 0.05) is 5.38 Å². The van der Waals surface area contributed by atoms with Gasteiger partial charge in [-0.05, 0) is 19.3 Å². The number of alkyl halides is 3. The third-order valence-corrected chi connectivity index (χ3v) is 3.69. The summed E-state index contributed by atoms with van der Waals surface area (Å²) in [5.74, 6) is -0.544. The first kappa shape index (κ1) is 13.3. The normalized spacial score (nSPS) is 18.2. The number of aromatic nitrogens is 1. The molecule has 1 amide bonds. The van der Waals surface area contributed by atoms with Crippen LogP contribution in [0.2, 0.25) is 0 Å². The summed E-state index contributed by atoms with van der Waals surface area (Å²) in [7, 11) is 0. The summed E-state index contributed by atoms with van der Waals surface area (Å²) < 4.78 is 36.8. The van der Waals surface area contributed by atoms with Gasteiger partial charge in [-0.3, -0.25) is 4.79 Å². The largest absolute Gasteiger partial charge is 0.434 e. The molecule has 1 heterocycles. The van der Waals surface area contributed by atoms with E-state index in [1.54, 1.807) is 0 Å². The molecule has 2 N–H and O–H groups in total. The molecule has 1 aromatic heterocycles. The zero-order valence-corrected chi connectivity index (χ0v) is 10.1. The van der Waals surface area contributed by atoms with Crippen molar-refractivity contribution in [1.29, 1.82) is 0 Å². The second-order valence-electron chi connectivity index (χ2n) is 4.19. The zero-order valence-electron chi connectivity index (χ0n) is 9.25. The van der Waals surface area contributed by atoms with E-state index >= 15 is 0 Å². The minimum atomic E-state index is -4.47. The predicted molar refractivity (Wildman–Crippen MR) is 57.8 cm³/mol. The molecular formula is C10H11F3N2O2S. The van der Waals surface area contributed by atoms with Crippen LogP contribution in [0.3, 0.4) is 0 Å². The maximum Gasteiger partial charge on any atom is 0.434 e. The zero-order chi connectivity index (χ0) is 13.4. The average molecular weight is 280 g/mol. The lowest BCUT2D eigenvalue weighted by Crippen LogP contribution is -2.51. The fraction of sp³-hybridized carbons (Fsp3) is 0.600. The summed E-state index contributed by atoms with van der Waals surface area (Å²) in [5, 5.41) is 13.1. The molecule has 100 valence electrons. The van der Waals surface area contributed by atoms with Gasteiger partial charge in [-0.1, -0.05) is 0 Å². The summed E-state index contributed by atoms with van der Waals surface area (Å²) in [4.78, 5) is 14.9. The molecule has 1 aliphatic carbocycles. The molecule has 0 atom stereocenters. The fourth-order valence-electron chi connectivity index (χ4n) is 1.58. The summed E-state index contributed by atoms with van der Waals surface area (Å²) in [6.07, 6.45) is -2.90. The van der Waals surface area contributed by atoms with Crippen molar-refractivity contribution in [3.8, 4) is 0 Å². The fourth-order valence-corrected chi connectivity index (χ4v) is 2.32. The van der Waals surface area contributed by atoms with Gasteiger partial charge in [-0.25, -0.2) is 4.98 Å². The lowest BCUT2D eigenvalue weighted by molar-refractivity contribution is -0.148. The van der Waals surface area contributed by atoms with E-state index in [0.29, 0.717) is 12.8 Å². The van der Waals surface area contributed by atoms with Crippen molar-refractivity contribution >= 4 is 17.2 Å². The molecule has 0 radical (unpaired) electrons. The number of carbonyl (C=O) groups excluding carboxylic acids is 1. The Bertz CT molecular complexity index is 454. The Morgan fingerprint density at radius 3 is 2.67 bits per heavy atom. The first-order chi connectivity index (χ1) is 8.31. The van der Waals surface area contributed by atoms with Crippen LogP contribution in [-0.4, -0.2) is 21.6 Å². The van der Waals surface area contributed by atoms with Crippen molar-refractivity contribution in [3.63, 3.8) is 0 Å². The number of nitrogens with zero attached hydrogens (tertiary/aromatic N) is 1. The van der Waals surface area contributed by atoms with Gasteiger partial charge in [0.25, 0.3) is 5.91 Å². The molecule has 0 bridgehead atoms. The van der Waals surface area contributed by atoms with Crippen molar-refractivity contribution in [3.05, 3.63) is 16.1 Å². The van der Waals surface area contributed by atoms with E-state index in [0.717, 1.165) is 23.1 Å². The Morgan fingerprint density at radius 2 is 2.22 bits per heavy atom. The van der Waals surface area contributed by atoms with Gasteiger partial charge in [0.2, 0.25) is 0 Å². The molecule has 0 unspecified atom stereocenters. The van der Waals surface area contributed by atoms with Crippen molar-refractivity contribution in [2.45, 2.75) is 37.6 Å². The molecule has 1 saturated carbocycles. The molecule has 1 fully saturated rings. The highest BCUT2D eigenvalue weighted by atomic mass is 32.1. The van der Waals surface area contributed by atoms with Gasteiger partial charge in [0.1, 0.15) is 10.6 Å². The van der Waals surface area contributed by atoms with E-state index in [1.165, 1.54) is 0 Å². The number of amides is 1. The summed E-state index contributed by atoms with van der Waals surface area (Å²) in [6, 6.07) is 0. The van der Waals surface area contributed by atoms with Gasteiger partial charge in [-0.2, -0.15) is 13.2 Å². The second-order valence-corrected chi connectivity index (χ2v) is 5.13. The Balaban J connectivity index is 1.91. The molecular weight excluding hydrogens is 269 g/mol. The molecule has 4 nitrogen and oxygen atoms in total. The number of halogens is 3. The summed E-state index contributed by atoms with van der Waals surface area (Å²) in [6.45, 7) is -0.0953. The number of nitrogens with one attached hydrogen (secondary N) is 1. The highest BCUT2D eigenvalue weighted by Crippen LogP contribution is 2.32. The number of rotatable bonds is 3. The molecule has 18 heavy (non-hydrogen) atoms. The lowest BCUT2D eigenvalue weighted by atomic mass is 9.79. The van der Waals surface area contributed by atoms with Gasteiger partial charge < -0.3 is 10.4 Å². The number of carbonyl (C=O) groups is 1. The van der Waals surface area contributed by atoms with Crippen LogP contribution in [-0.2, 0) is 17.5 Å². The van der Waals surface area contributed by atoms with Crippen molar-refractivity contribution in [2.24, 2.45) is 0 Å². The van der Waals surface area contributed by atoms with E-state index in [2.05, 4.69) is 10.3 Å². The van der Waals surface area contributed by atoms with Crippen LogP contribution in [0.1, 0.15) is 30.0 Å². The third kappa shape index (κ3) is 2.64. The van der Waals surface area contributed by atoms with E-state index in [4.69, 9.17) is 0 Å². The SMILES string of the molecule is O=C(NCc1nc(C(F)(F)F)cs1)C1(O)CCC1. The number of aliphatic hydroxyl groups is 1. The highest BCUT2D eigenvalue weighted by molar-refractivity contribution is 7.09. The number of hydrogen-bond donors (Lipinski definition) is 2. The van der Waals surface area contributed by atoms with Crippen LogP contribution in [0.5, 0.6) is 0 Å². The minimum absolute atomic E-state index is 0.0953. The molecule has 0 aliphatic heterocycles. The number of thiazole rings is 1. The molecule has 0 aromatic carbocycles. The molecule has 0 spiro atoms. The van der Waals surface area contributed by atoms with E-state index < -0.39 is 23.4 Å². The quantitative estimate of drug-likeness (QED) is 0.885. The smallest absolute Gasteiger partial charge is 0.380 e. The maximum absolute atomic E-state index is 12.3. The van der Waals surface area contributed by atoms with Gasteiger partial charge in [-0.15, -0.1) is 11.3 Å². The average Bonchev–Trinajstić information content (AvgIpc) is 2.70. The van der Waals surface area contributed by atoms with Crippen LogP contribution in [0.4, 0.5) is 13.2 Å². The van der Waals surface area contributed by atoms with Crippen LogP contribution in [0.25, 0.3) is 0 Å². The van der Waals surface area contributed by atoms with Crippen LogP contribution in [0.15, 0.2) is 5.38 Å². The third-order valence-electron chi connectivity index (χ3n) is 2.85. The molecule has 0 saturated heterocycles. The topological polar surface area (TPSA) is 62.2 Å². The van der Waals surface area contributed by atoms with Crippen LogP contribution < -0.4 is 5.32 Å². The first-order valence-electron chi connectivity index (χ1n) is 5.33. The van der Waals surface area contributed by atoms with Gasteiger partial charge in [0.05, 0.1) is 6.54 Å². The Hall–Kier alpha value is -1.15. The molecule has 8 heteroatoms. The van der Waals surface area contributed by atoms with E-state index in [-0.39, 0.29) is 11.6 Å². The van der Waals surface area contributed by atoms with Crippen LogP contribution in [0, 0.1) is 0 Å². The lowest BCUT2D eigenvalue weighted by Gasteiger charge is -2.34. The Kier molecular flexibility index (Phi) is 3.33. The standard InChI is InChI=1S/C10H11F3N2O2S/c11-10(12,13)6-5-18-7(15-6)4-14-8(16)9(17)2-1-3-9/h5,17H,1-4H2,(H,14,16). The van der Waals surface area contributed by atoms with Crippen molar-refractivity contribution < 1.29 is 23.1 Å². The maximum atomic E-state index is 12.3. The minimum Gasteiger partial charge on any atom is -0.380 e. The monoisotopic (exact) mass is 280 g/mol. The Morgan fingerprint density at radius 1 is 1.56 bits per heavy atom. The van der Waals surface area contributed by atoms with Gasteiger partial charge in [0.15, 0.2) is 5.69 Å². The Labute approximate surface area is 105 Å². The highest BCUT2D eigenvalue weighted by Gasteiger charge is 2.42. The molecule has 1 aliphatic rings. The first-order valence-corrected chi connectivity index (χ1v) is 6.21. The van der Waals surface area contributed by atoms with Crippen molar-refractivity contribution in [2.75, 3.05) is 0 Å². The summed E-state index contributed by atoms with van der Waals surface area (Å²) in [5.41, 5.74) is -2.30. The van der Waals surface area contributed by atoms with E-state index in [1.807, 2.05) is 0 Å². The van der Waals surface area contributed by atoms with Gasteiger partial charge >= 0.3 is 6.18 Å². The van der Waals surface area contributed by atoms with Crippen LogP contribution >= 0.6 is 11.3 Å². The second kappa shape index (κ2) is 4.51. The molecule has 1 aromatic rings. The number of hydrogen-bond acceptors (Lipinski definition) is 4. The van der Waals surface area contributed by atoms with Crippen molar-refractivity contribution in [1.82, 2.24) is 10.3 Å².